The molecule has 2 rings (SSSR count). The van der Waals surface area contributed by atoms with Crippen LogP contribution in [0.5, 0.6) is 5.88 Å². The number of methoxy groups -OCH3 is 1. The Bertz CT molecular complexity index is 385. The van der Waals surface area contributed by atoms with Gasteiger partial charge in [0.05, 0.1) is 17.8 Å². The molecule has 0 N–H and O–H groups in total. The van der Waals surface area contributed by atoms with Crippen LogP contribution in [0.25, 0.3) is 0 Å². The van der Waals surface area contributed by atoms with Gasteiger partial charge in [-0.15, -0.1) is 0 Å². The lowest BCUT2D eigenvalue weighted by Gasteiger charge is -2.37. The van der Waals surface area contributed by atoms with Crippen LogP contribution in [0.4, 0.5) is 5.95 Å². The normalized spacial score (nSPS) is 15.5. The van der Waals surface area contributed by atoms with E-state index < -0.39 is 0 Å². The summed E-state index contributed by atoms with van der Waals surface area (Å²) in [5.41, 5.74) is 0. The fraction of sp³-hybridized carbons (Fsp3) is 0.636. The monoisotopic (exact) mass is 363 g/mol. The molecule has 1 heterocycles. The Morgan fingerprint density at radius 1 is 1.53 bits per heavy atom. The number of halogens is 2. The van der Waals surface area contributed by atoms with E-state index in [1.54, 1.807) is 13.3 Å². The van der Waals surface area contributed by atoms with Gasteiger partial charge in [-0.2, -0.15) is 4.98 Å². The Hall–Kier alpha value is -0.360. The fourth-order valence-corrected chi connectivity index (χ4v) is 2.59. The molecular formula is C11H15Br2N3O. The van der Waals surface area contributed by atoms with Gasteiger partial charge in [0, 0.05) is 17.9 Å². The first-order valence-corrected chi connectivity index (χ1v) is 7.57. The molecule has 1 fully saturated rings. The van der Waals surface area contributed by atoms with Gasteiger partial charge in [0.2, 0.25) is 11.8 Å². The minimum atomic E-state index is 0.582. The van der Waals surface area contributed by atoms with Gasteiger partial charge in [-0.1, -0.05) is 15.9 Å². The Morgan fingerprint density at radius 2 is 2.29 bits per heavy atom. The van der Waals surface area contributed by atoms with E-state index in [0.717, 1.165) is 22.3 Å². The molecular weight excluding hydrogens is 350 g/mol. The summed E-state index contributed by atoms with van der Waals surface area (Å²) in [5.74, 6) is 1.35. The molecule has 0 amide bonds. The van der Waals surface area contributed by atoms with Crippen molar-refractivity contribution in [3.8, 4) is 5.88 Å². The minimum Gasteiger partial charge on any atom is -0.480 e. The van der Waals surface area contributed by atoms with Gasteiger partial charge in [0.25, 0.3) is 0 Å². The molecule has 0 atom stereocenters. The minimum absolute atomic E-state index is 0.582. The average molecular weight is 365 g/mol. The molecule has 0 unspecified atom stereocenters. The van der Waals surface area contributed by atoms with Crippen molar-refractivity contribution < 1.29 is 4.74 Å². The highest BCUT2D eigenvalue weighted by atomic mass is 79.9. The molecule has 1 saturated carbocycles. The van der Waals surface area contributed by atoms with Crippen molar-refractivity contribution in [2.75, 3.05) is 23.9 Å². The second-order valence-corrected chi connectivity index (χ2v) is 5.64. The molecule has 17 heavy (non-hydrogen) atoms. The summed E-state index contributed by atoms with van der Waals surface area (Å²) in [5, 5.41) is 0.922. The fourth-order valence-electron chi connectivity index (χ4n) is 1.86. The van der Waals surface area contributed by atoms with Crippen LogP contribution in [0.2, 0.25) is 0 Å². The van der Waals surface area contributed by atoms with Gasteiger partial charge in [0.15, 0.2) is 0 Å². The Kier molecular flexibility index (Phi) is 4.62. The summed E-state index contributed by atoms with van der Waals surface area (Å²) in [6, 6.07) is 0.582. The third-order valence-electron chi connectivity index (χ3n) is 2.99. The Balaban J connectivity index is 2.22. The molecule has 1 aliphatic carbocycles. The summed E-state index contributed by atoms with van der Waals surface area (Å²) >= 11 is 6.85. The van der Waals surface area contributed by atoms with Crippen LogP contribution in [0.1, 0.15) is 19.3 Å². The molecule has 6 heteroatoms. The van der Waals surface area contributed by atoms with E-state index in [4.69, 9.17) is 4.74 Å². The molecule has 1 aromatic rings. The van der Waals surface area contributed by atoms with Crippen LogP contribution in [0, 0.1) is 0 Å². The van der Waals surface area contributed by atoms with Crippen LogP contribution in [-0.4, -0.2) is 35.0 Å². The zero-order valence-corrected chi connectivity index (χ0v) is 12.9. The molecule has 0 spiro atoms. The van der Waals surface area contributed by atoms with Crippen molar-refractivity contribution in [1.82, 2.24) is 9.97 Å². The van der Waals surface area contributed by atoms with E-state index in [1.807, 2.05) is 0 Å². The zero-order valence-electron chi connectivity index (χ0n) is 9.70. The number of aromatic nitrogens is 2. The maximum atomic E-state index is 5.21. The number of nitrogens with zero attached hydrogens (tertiary/aromatic N) is 3. The summed E-state index contributed by atoms with van der Waals surface area (Å²) in [6.07, 6.45) is 5.52. The third kappa shape index (κ3) is 2.91. The van der Waals surface area contributed by atoms with Crippen molar-refractivity contribution in [1.29, 1.82) is 0 Å². The van der Waals surface area contributed by atoms with E-state index in [1.165, 1.54) is 19.3 Å². The van der Waals surface area contributed by atoms with E-state index in [9.17, 15) is 0 Å². The number of hydrogen-bond acceptors (Lipinski definition) is 4. The quantitative estimate of drug-likeness (QED) is 0.753. The summed E-state index contributed by atoms with van der Waals surface area (Å²) in [6.45, 7) is 0.926. The molecule has 0 saturated heterocycles. The van der Waals surface area contributed by atoms with Gasteiger partial charge < -0.3 is 9.64 Å². The van der Waals surface area contributed by atoms with Gasteiger partial charge in [-0.3, -0.25) is 0 Å². The highest BCUT2D eigenvalue weighted by Gasteiger charge is 2.26. The number of alkyl halides is 1. The van der Waals surface area contributed by atoms with E-state index in [0.29, 0.717) is 11.9 Å². The predicted octanol–water partition coefficient (Wildman–Crippen LogP) is 3.00. The summed E-state index contributed by atoms with van der Waals surface area (Å²) in [4.78, 5) is 11.1. The van der Waals surface area contributed by atoms with Crippen molar-refractivity contribution in [3.05, 3.63) is 10.7 Å². The van der Waals surface area contributed by atoms with Crippen molar-refractivity contribution in [2.24, 2.45) is 0 Å². The standard InChI is InChI=1S/C11H15Br2N3O/c1-17-10-9(13)7-14-11(15-10)16(6-5-12)8-3-2-4-8/h7-8H,2-6H2,1H3. The molecule has 4 nitrogen and oxygen atoms in total. The largest absolute Gasteiger partial charge is 0.480 e. The van der Waals surface area contributed by atoms with Crippen molar-refractivity contribution in [3.63, 3.8) is 0 Å². The smallest absolute Gasteiger partial charge is 0.232 e. The molecule has 0 bridgehead atoms. The number of hydrogen-bond donors (Lipinski definition) is 0. The number of anilines is 1. The lowest BCUT2D eigenvalue weighted by Crippen LogP contribution is -2.42. The number of rotatable bonds is 5. The van der Waals surface area contributed by atoms with Crippen LogP contribution in [-0.2, 0) is 0 Å². The van der Waals surface area contributed by atoms with Crippen molar-refractivity contribution >= 4 is 37.8 Å². The molecule has 0 aromatic carbocycles. The van der Waals surface area contributed by atoms with Crippen LogP contribution >= 0.6 is 31.9 Å². The second kappa shape index (κ2) is 6.00. The first-order valence-electron chi connectivity index (χ1n) is 5.65. The first-order chi connectivity index (χ1) is 8.26. The van der Waals surface area contributed by atoms with E-state index >= 15 is 0 Å². The summed E-state index contributed by atoms with van der Waals surface area (Å²) < 4.78 is 6.00. The van der Waals surface area contributed by atoms with Crippen LogP contribution in [0.3, 0.4) is 0 Å². The molecule has 1 aromatic heterocycles. The van der Waals surface area contributed by atoms with Gasteiger partial charge in [-0.25, -0.2) is 4.98 Å². The number of ether oxygens (including phenoxy) is 1. The second-order valence-electron chi connectivity index (χ2n) is 3.99. The topological polar surface area (TPSA) is 38.2 Å². The van der Waals surface area contributed by atoms with Crippen molar-refractivity contribution in [2.45, 2.75) is 25.3 Å². The third-order valence-corrected chi connectivity index (χ3v) is 3.89. The maximum absolute atomic E-state index is 5.21. The van der Waals surface area contributed by atoms with E-state index in [-0.39, 0.29) is 0 Å². The Morgan fingerprint density at radius 3 is 2.82 bits per heavy atom. The average Bonchev–Trinajstić information content (AvgIpc) is 2.27. The van der Waals surface area contributed by atoms with Gasteiger partial charge in [0.1, 0.15) is 0 Å². The zero-order chi connectivity index (χ0) is 12.3. The SMILES string of the molecule is COc1nc(N(CCBr)C2CCC2)ncc1Br. The first kappa shape index (κ1) is 13.1. The van der Waals surface area contributed by atoms with Gasteiger partial charge >= 0.3 is 0 Å². The lowest BCUT2D eigenvalue weighted by molar-refractivity contribution is 0.376. The predicted molar refractivity (Wildman–Crippen MR) is 75.1 cm³/mol. The van der Waals surface area contributed by atoms with Gasteiger partial charge in [-0.05, 0) is 35.2 Å². The Labute approximate surface area is 118 Å². The molecule has 0 radical (unpaired) electrons. The lowest BCUT2D eigenvalue weighted by atomic mass is 9.92. The molecule has 94 valence electrons. The van der Waals surface area contributed by atoms with E-state index in [2.05, 4.69) is 46.7 Å². The van der Waals surface area contributed by atoms with Crippen LogP contribution < -0.4 is 9.64 Å². The summed E-state index contributed by atoms with van der Waals surface area (Å²) in [7, 11) is 1.62. The maximum Gasteiger partial charge on any atom is 0.232 e. The molecule has 0 aliphatic heterocycles. The van der Waals surface area contributed by atoms with Crippen LogP contribution in [0.15, 0.2) is 10.7 Å². The molecule has 1 aliphatic rings. The highest BCUT2D eigenvalue weighted by Crippen LogP contribution is 2.30. The highest BCUT2D eigenvalue weighted by molar-refractivity contribution is 9.10.